The van der Waals surface area contributed by atoms with E-state index in [-0.39, 0.29) is 24.8 Å². The SMILES string of the molecule is CCNC(=O)C(C)N(Cc1ccccc1F)C(=O)CCCOc1ccc(OC)cc1. The summed E-state index contributed by atoms with van der Waals surface area (Å²) < 4.78 is 24.9. The lowest BCUT2D eigenvalue weighted by Crippen LogP contribution is -2.47. The molecule has 0 spiro atoms. The molecule has 1 unspecified atom stereocenters. The Kier molecular flexibility index (Phi) is 9.12. The second-order valence-corrected chi connectivity index (χ2v) is 6.81. The minimum atomic E-state index is -0.709. The number of amides is 2. The molecular formula is C23H29FN2O4. The van der Waals surface area contributed by atoms with Gasteiger partial charge in [0.1, 0.15) is 23.4 Å². The van der Waals surface area contributed by atoms with Crippen LogP contribution in [0.5, 0.6) is 11.5 Å². The van der Waals surface area contributed by atoms with Gasteiger partial charge in [0.05, 0.1) is 13.7 Å². The van der Waals surface area contributed by atoms with Crippen LogP contribution in [0, 0.1) is 5.82 Å². The summed E-state index contributed by atoms with van der Waals surface area (Å²) in [4.78, 5) is 26.6. The van der Waals surface area contributed by atoms with Gasteiger partial charge in [-0.25, -0.2) is 4.39 Å². The van der Waals surface area contributed by atoms with Crippen LogP contribution < -0.4 is 14.8 Å². The Hall–Kier alpha value is -3.09. The molecule has 1 N–H and O–H groups in total. The summed E-state index contributed by atoms with van der Waals surface area (Å²) in [6, 6.07) is 12.7. The highest BCUT2D eigenvalue weighted by molar-refractivity contribution is 5.87. The molecule has 2 rings (SSSR count). The Morgan fingerprint density at radius 2 is 1.77 bits per heavy atom. The highest BCUT2D eigenvalue weighted by atomic mass is 19.1. The molecule has 2 aromatic carbocycles. The Morgan fingerprint density at radius 1 is 1.10 bits per heavy atom. The third-order valence-corrected chi connectivity index (χ3v) is 4.68. The maximum atomic E-state index is 14.1. The lowest BCUT2D eigenvalue weighted by Gasteiger charge is -2.29. The normalized spacial score (nSPS) is 11.5. The van der Waals surface area contributed by atoms with Crippen LogP contribution in [0.25, 0.3) is 0 Å². The quantitative estimate of drug-likeness (QED) is 0.569. The molecule has 0 saturated heterocycles. The van der Waals surface area contributed by atoms with E-state index in [0.717, 1.165) is 5.75 Å². The van der Waals surface area contributed by atoms with Gasteiger partial charge in [0.15, 0.2) is 0 Å². The summed E-state index contributed by atoms with van der Waals surface area (Å²) in [6.45, 7) is 4.30. The van der Waals surface area contributed by atoms with Crippen molar-refractivity contribution in [3.63, 3.8) is 0 Å². The van der Waals surface area contributed by atoms with Crippen molar-refractivity contribution in [2.75, 3.05) is 20.3 Å². The first-order valence-electron chi connectivity index (χ1n) is 10.0. The largest absolute Gasteiger partial charge is 0.497 e. The van der Waals surface area contributed by atoms with E-state index < -0.39 is 11.9 Å². The lowest BCUT2D eigenvalue weighted by atomic mass is 10.1. The van der Waals surface area contributed by atoms with Crippen molar-refractivity contribution in [2.24, 2.45) is 0 Å². The molecule has 7 heteroatoms. The summed E-state index contributed by atoms with van der Waals surface area (Å²) in [5.41, 5.74) is 0.372. The van der Waals surface area contributed by atoms with Gasteiger partial charge in [-0.1, -0.05) is 18.2 Å². The van der Waals surface area contributed by atoms with Crippen LogP contribution in [0.4, 0.5) is 4.39 Å². The van der Waals surface area contributed by atoms with Crippen molar-refractivity contribution in [2.45, 2.75) is 39.3 Å². The smallest absolute Gasteiger partial charge is 0.242 e. The van der Waals surface area contributed by atoms with Crippen molar-refractivity contribution < 1.29 is 23.5 Å². The average Bonchev–Trinajstić information content (AvgIpc) is 2.76. The minimum absolute atomic E-state index is 0.0309. The van der Waals surface area contributed by atoms with Crippen molar-refractivity contribution in [3.05, 3.63) is 59.9 Å². The van der Waals surface area contributed by atoms with Crippen molar-refractivity contribution in [3.8, 4) is 11.5 Å². The van der Waals surface area contributed by atoms with E-state index in [4.69, 9.17) is 9.47 Å². The van der Waals surface area contributed by atoms with Gasteiger partial charge < -0.3 is 19.7 Å². The van der Waals surface area contributed by atoms with Crippen LogP contribution in [0.15, 0.2) is 48.5 Å². The molecule has 1 atom stereocenters. The van der Waals surface area contributed by atoms with E-state index in [1.165, 1.54) is 11.0 Å². The van der Waals surface area contributed by atoms with E-state index in [1.54, 1.807) is 56.5 Å². The average molecular weight is 416 g/mol. The lowest BCUT2D eigenvalue weighted by molar-refractivity contribution is -0.140. The first-order valence-corrected chi connectivity index (χ1v) is 10.0. The number of hydrogen-bond acceptors (Lipinski definition) is 4. The number of hydrogen-bond donors (Lipinski definition) is 1. The number of benzene rings is 2. The monoisotopic (exact) mass is 416 g/mol. The Bertz CT molecular complexity index is 826. The van der Waals surface area contributed by atoms with Gasteiger partial charge in [0.2, 0.25) is 11.8 Å². The van der Waals surface area contributed by atoms with Gasteiger partial charge in [-0.2, -0.15) is 0 Å². The fourth-order valence-corrected chi connectivity index (χ4v) is 2.94. The van der Waals surface area contributed by atoms with Gasteiger partial charge in [0, 0.05) is 25.1 Å². The number of rotatable bonds is 11. The van der Waals surface area contributed by atoms with E-state index in [0.29, 0.717) is 30.9 Å². The van der Waals surface area contributed by atoms with Gasteiger partial charge >= 0.3 is 0 Å². The molecule has 162 valence electrons. The molecule has 30 heavy (non-hydrogen) atoms. The molecule has 0 aromatic heterocycles. The van der Waals surface area contributed by atoms with Gasteiger partial charge in [-0.3, -0.25) is 9.59 Å². The third kappa shape index (κ3) is 6.76. The molecule has 6 nitrogen and oxygen atoms in total. The van der Waals surface area contributed by atoms with Gasteiger partial charge in [0.25, 0.3) is 0 Å². The predicted octanol–water partition coefficient (Wildman–Crippen LogP) is 3.55. The molecule has 2 amide bonds. The third-order valence-electron chi connectivity index (χ3n) is 4.68. The summed E-state index contributed by atoms with van der Waals surface area (Å²) in [6.07, 6.45) is 0.662. The summed E-state index contributed by atoms with van der Waals surface area (Å²) in [5, 5.41) is 2.72. The molecule has 2 aromatic rings. The predicted molar refractivity (Wildman–Crippen MR) is 113 cm³/mol. The maximum absolute atomic E-state index is 14.1. The number of halogens is 1. The minimum Gasteiger partial charge on any atom is -0.497 e. The summed E-state index contributed by atoms with van der Waals surface area (Å²) in [5.74, 6) is 0.524. The Labute approximate surface area is 177 Å². The zero-order chi connectivity index (χ0) is 21.9. The van der Waals surface area contributed by atoms with Gasteiger partial charge in [-0.05, 0) is 50.6 Å². The zero-order valence-electron chi connectivity index (χ0n) is 17.7. The van der Waals surface area contributed by atoms with Crippen molar-refractivity contribution in [1.29, 1.82) is 0 Å². The standard InChI is InChI=1S/C23H29FN2O4/c1-4-25-23(28)17(2)26(16-18-8-5-6-9-21(18)24)22(27)10-7-15-30-20-13-11-19(29-3)12-14-20/h5-6,8-9,11-14,17H,4,7,10,15-16H2,1-3H3,(H,25,28). The first-order chi connectivity index (χ1) is 14.5. The highest BCUT2D eigenvalue weighted by Crippen LogP contribution is 2.18. The number of methoxy groups -OCH3 is 1. The molecule has 0 bridgehead atoms. The molecule has 0 radical (unpaired) electrons. The topological polar surface area (TPSA) is 67.9 Å². The van der Waals surface area contributed by atoms with Crippen molar-refractivity contribution in [1.82, 2.24) is 10.2 Å². The van der Waals surface area contributed by atoms with Crippen LogP contribution in [0.1, 0.15) is 32.3 Å². The molecule has 0 heterocycles. The van der Waals surface area contributed by atoms with E-state index >= 15 is 0 Å². The number of nitrogens with zero attached hydrogens (tertiary/aromatic N) is 1. The molecule has 0 saturated carbocycles. The zero-order valence-corrected chi connectivity index (χ0v) is 17.7. The number of carbonyl (C=O) groups is 2. The Morgan fingerprint density at radius 3 is 2.40 bits per heavy atom. The van der Waals surface area contributed by atoms with Crippen LogP contribution in [0.2, 0.25) is 0 Å². The van der Waals surface area contributed by atoms with Crippen LogP contribution >= 0.6 is 0 Å². The number of nitrogens with one attached hydrogen (secondary N) is 1. The van der Waals surface area contributed by atoms with E-state index in [2.05, 4.69) is 5.32 Å². The van der Waals surface area contributed by atoms with Crippen LogP contribution in [-0.2, 0) is 16.1 Å². The fourth-order valence-electron chi connectivity index (χ4n) is 2.94. The number of ether oxygens (including phenoxy) is 2. The fraction of sp³-hybridized carbons (Fsp3) is 0.391. The maximum Gasteiger partial charge on any atom is 0.242 e. The Balaban J connectivity index is 1.97. The first kappa shape index (κ1) is 23.2. The molecule has 0 fully saturated rings. The van der Waals surface area contributed by atoms with Crippen LogP contribution in [-0.4, -0.2) is 43.0 Å². The second kappa shape index (κ2) is 11.8. The molecule has 0 aliphatic carbocycles. The summed E-state index contributed by atoms with van der Waals surface area (Å²) in [7, 11) is 1.59. The summed E-state index contributed by atoms with van der Waals surface area (Å²) >= 11 is 0. The number of carbonyl (C=O) groups excluding carboxylic acids is 2. The van der Waals surface area contributed by atoms with Gasteiger partial charge in [-0.15, -0.1) is 0 Å². The second-order valence-electron chi connectivity index (χ2n) is 6.81. The van der Waals surface area contributed by atoms with E-state index in [1.807, 2.05) is 6.92 Å². The number of likely N-dealkylation sites (N-methyl/N-ethyl adjacent to an activating group) is 1. The van der Waals surface area contributed by atoms with E-state index in [9.17, 15) is 14.0 Å². The molecule has 0 aliphatic rings. The van der Waals surface area contributed by atoms with Crippen LogP contribution in [0.3, 0.4) is 0 Å². The van der Waals surface area contributed by atoms with Crippen molar-refractivity contribution >= 4 is 11.8 Å². The molecule has 0 aliphatic heterocycles. The molecular weight excluding hydrogens is 387 g/mol. The highest BCUT2D eigenvalue weighted by Gasteiger charge is 2.26.